The molecule has 0 N–H and O–H groups in total. The summed E-state index contributed by atoms with van der Waals surface area (Å²) in [6.45, 7) is 0. The largest absolute Gasteiger partial charge is 0.358 e. The number of rotatable bonds is 2. The van der Waals surface area contributed by atoms with Crippen LogP contribution in [-0.4, -0.2) is 11.9 Å². The molecule has 2 aliphatic rings. The van der Waals surface area contributed by atoms with E-state index in [1.54, 1.807) is 0 Å². The Morgan fingerprint density at radius 3 is 1.28 bits per heavy atom. The summed E-state index contributed by atoms with van der Waals surface area (Å²) < 4.78 is 0. The van der Waals surface area contributed by atoms with Gasteiger partial charge in [-0.1, -0.05) is 38.5 Å². The van der Waals surface area contributed by atoms with Crippen molar-refractivity contribution in [2.45, 2.75) is 64.2 Å². The molecule has 0 aromatic carbocycles. The molecule has 0 aromatic rings. The van der Waals surface area contributed by atoms with E-state index in [-0.39, 0.29) is 23.8 Å². The van der Waals surface area contributed by atoms with E-state index in [0.717, 1.165) is 51.4 Å². The van der Waals surface area contributed by atoms with Crippen LogP contribution in [0.4, 0.5) is 0 Å². The van der Waals surface area contributed by atoms with Gasteiger partial charge in [-0.2, -0.15) is 0 Å². The summed E-state index contributed by atoms with van der Waals surface area (Å²) in [5, 5.41) is 0. The van der Waals surface area contributed by atoms with E-state index in [9.17, 15) is 9.59 Å². The smallest absolute Gasteiger partial charge is 0.247 e. The maximum absolute atomic E-state index is 11.7. The molecule has 4 nitrogen and oxygen atoms in total. The topological polar surface area (TPSA) is 52.6 Å². The second-order valence-electron chi connectivity index (χ2n) is 5.47. The first kappa shape index (κ1) is 13.4. The Balaban J connectivity index is 1.69. The van der Waals surface area contributed by atoms with Crippen LogP contribution < -0.4 is 0 Å². The molecule has 0 atom stereocenters. The standard InChI is InChI=1S/C14H22O4/c15-13(11-7-3-1-4-8-11)17-18-14(16)12-9-5-2-6-10-12/h11-12H,1-10H2. The zero-order valence-corrected chi connectivity index (χ0v) is 10.9. The van der Waals surface area contributed by atoms with Gasteiger partial charge >= 0.3 is 11.9 Å². The maximum Gasteiger partial charge on any atom is 0.358 e. The Labute approximate surface area is 108 Å². The molecule has 2 aliphatic carbocycles. The van der Waals surface area contributed by atoms with Gasteiger partial charge in [-0.3, -0.25) is 0 Å². The molecule has 2 saturated carbocycles. The SMILES string of the molecule is O=C(OOC(=O)C1CCCCC1)C1CCCCC1. The molecule has 0 heterocycles. The lowest BCUT2D eigenvalue weighted by Gasteiger charge is -2.21. The van der Waals surface area contributed by atoms with Gasteiger partial charge in [0.05, 0.1) is 11.8 Å². The van der Waals surface area contributed by atoms with Gasteiger partial charge in [-0.25, -0.2) is 19.4 Å². The van der Waals surface area contributed by atoms with Crippen LogP contribution in [0.15, 0.2) is 0 Å². The minimum atomic E-state index is -0.362. The number of carbonyl (C=O) groups excluding carboxylic acids is 2. The van der Waals surface area contributed by atoms with Gasteiger partial charge in [0.25, 0.3) is 0 Å². The van der Waals surface area contributed by atoms with Gasteiger partial charge in [0, 0.05) is 0 Å². The van der Waals surface area contributed by atoms with Crippen LogP contribution in [0.5, 0.6) is 0 Å². The monoisotopic (exact) mass is 254 g/mol. The molecule has 0 bridgehead atoms. The highest BCUT2D eigenvalue weighted by atomic mass is 17.2. The van der Waals surface area contributed by atoms with E-state index in [2.05, 4.69) is 0 Å². The predicted octanol–water partition coefficient (Wildman–Crippen LogP) is 3.15. The lowest BCUT2D eigenvalue weighted by molar-refractivity contribution is -0.266. The van der Waals surface area contributed by atoms with Crippen LogP contribution in [0.2, 0.25) is 0 Å². The average molecular weight is 254 g/mol. The highest BCUT2D eigenvalue weighted by Crippen LogP contribution is 2.26. The van der Waals surface area contributed by atoms with Crippen molar-refractivity contribution >= 4 is 11.9 Å². The molecule has 4 heteroatoms. The third kappa shape index (κ3) is 3.72. The second-order valence-corrected chi connectivity index (χ2v) is 5.47. The Morgan fingerprint density at radius 1 is 0.611 bits per heavy atom. The quantitative estimate of drug-likeness (QED) is 0.561. The highest BCUT2D eigenvalue weighted by molar-refractivity contribution is 5.75. The molecule has 0 unspecified atom stereocenters. The zero-order chi connectivity index (χ0) is 12.8. The van der Waals surface area contributed by atoms with Crippen molar-refractivity contribution in [3.8, 4) is 0 Å². The molecule has 0 radical (unpaired) electrons. The minimum absolute atomic E-state index is 0.0714. The molecule has 0 amide bonds. The normalized spacial score (nSPS) is 22.4. The van der Waals surface area contributed by atoms with Gasteiger partial charge in [0.2, 0.25) is 0 Å². The van der Waals surface area contributed by atoms with Crippen molar-refractivity contribution in [2.75, 3.05) is 0 Å². The van der Waals surface area contributed by atoms with E-state index in [4.69, 9.17) is 9.78 Å². The summed E-state index contributed by atoms with van der Waals surface area (Å²) in [6.07, 6.45) is 10.1. The summed E-state index contributed by atoms with van der Waals surface area (Å²) in [5.74, 6) is -0.867. The van der Waals surface area contributed by atoms with Crippen LogP contribution >= 0.6 is 0 Å². The van der Waals surface area contributed by atoms with E-state index >= 15 is 0 Å². The van der Waals surface area contributed by atoms with Gasteiger partial charge in [-0.05, 0) is 25.7 Å². The van der Waals surface area contributed by atoms with E-state index in [0.29, 0.717) is 0 Å². The molecule has 2 rings (SSSR count). The van der Waals surface area contributed by atoms with E-state index < -0.39 is 0 Å². The minimum Gasteiger partial charge on any atom is -0.247 e. The molecule has 0 spiro atoms. The Bertz CT molecular complexity index is 258. The van der Waals surface area contributed by atoms with E-state index in [1.165, 1.54) is 12.8 Å². The zero-order valence-electron chi connectivity index (χ0n) is 10.9. The van der Waals surface area contributed by atoms with E-state index in [1.807, 2.05) is 0 Å². The maximum atomic E-state index is 11.7. The van der Waals surface area contributed by atoms with Crippen molar-refractivity contribution in [1.82, 2.24) is 0 Å². The second kappa shape index (κ2) is 6.76. The highest BCUT2D eigenvalue weighted by Gasteiger charge is 2.27. The molecule has 2 fully saturated rings. The summed E-state index contributed by atoms with van der Waals surface area (Å²) in [4.78, 5) is 32.8. The van der Waals surface area contributed by atoms with Crippen LogP contribution in [0.1, 0.15) is 64.2 Å². The van der Waals surface area contributed by atoms with Crippen molar-refractivity contribution < 1.29 is 19.4 Å². The Morgan fingerprint density at radius 2 is 0.944 bits per heavy atom. The molecule has 0 aromatic heterocycles. The molecule has 0 saturated heterocycles. The van der Waals surface area contributed by atoms with Gasteiger partial charge < -0.3 is 0 Å². The van der Waals surface area contributed by atoms with Gasteiger partial charge in [0.1, 0.15) is 0 Å². The van der Waals surface area contributed by atoms with Crippen molar-refractivity contribution in [3.63, 3.8) is 0 Å². The summed E-state index contributed by atoms with van der Waals surface area (Å²) in [5.41, 5.74) is 0. The van der Waals surface area contributed by atoms with Gasteiger partial charge in [0.15, 0.2) is 0 Å². The van der Waals surface area contributed by atoms with Gasteiger partial charge in [-0.15, -0.1) is 0 Å². The third-order valence-corrected chi connectivity index (χ3v) is 4.08. The third-order valence-electron chi connectivity index (χ3n) is 4.08. The summed E-state index contributed by atoms with van der Waals surface area (Å²) in [7, 11) is 0. The average Bonchev–Trinajstić information content (AvgIpc) is 2.46. The first-order chi connectivity index (χ1) is 8.77. The molecule has 102 valence electrons. The van der Waals surface area contributed by atoms with Crippen molar-refractivity contribution in [2.24, 2.45) is 11.8 Å². The molecular formula is C14H22O4. The van der Waals surface area contributed by atoms with Crippen LogP contribution in [-0.2, 0) is 19.4 Å². The molecular weight excluding hydrogens is 232 g/mol. The Kier molecular flexibility index (Phi) is 5.02. The lowest BCUT2D eigenvalue weighted by atomic mass is 9.89. The molecule has 0 aliphatic heterocycles. The number of hydrogen-bond donors (Lipinski definition) is 0. The first-order valence-electron chi connectivity index (χ1n) is 7.19. The van der Waals surface area contributed by atoms with Crippen LogP contribution in [0.25, 0.3) is 0 Å². The van der Waals surface area contributed by atoms with Crippen LogP contribution in [0.3, 0.4) is 0 Å². The van der Waals surface area contributed by atoms with Crippen LogP contribution in [0, 0.1) is 11.8 Å². The van der Waals surface area contributed by atoms with Crippen molar-refractivity contribution in [1.29, 1.82) is 0 Å². The number of hydrogen-bond acceptors (Lipinski definition) is 4. The fourth-order valence-electron chi connectivity index (χ4n) is 2.89. The molecule has 18 heavy (non-hydrogen) atoms. The number of carbonyl (C=O) groups is 2. The lowest BCUT2D eigenvalue weighted by Crippen LogP contribution is -2.25. The fourth-order valence-corrected chi connectivity index (χ4v) is 2.89. The van der Waals surface area contributed by atoms with Crippen molar-refractivity contribution in [3.05, 3.63) is 0 Å². The fraction of sp³-hybridized carbons (Fsp3) is 0.857. The summed E-state index contributed by atoms with van der Waals surface area (Å²) >= 11 is 0. The predicted molar refractivity (Wildman–Crippen MR) is 65.3 cm³/mol. The summed E-state index contributed by atoms with van der Waals surface area (Å²) in [6, 6.07) is 0. The first-order valence-corrected chi connectivity index (χ1v) is 7.19. The Hall–Kier alpha value is -1.06.